The summed E-state index contributed by atoms with van der Waals surface area (Å²) in [7, 11) is -3.62. The molecule has 1 saturated heterocycles. The van der Waals surface area contributed by atoms with Crippen molar-refractivity contribution in [1.29, 1.82) is 0 Å². The van der Waals surface area contributed by atoms with Gasteiger partial charge in [0.05, 0.1) is 4.90 Å². The normalized spacial score (nSPS) is 15.0. The molecular weight excluding hydrogens is 426 g/mol. The molecule has 7 nitrogen and oxygen atoms in total. The third-order valence-corrected chi connectivity index (χ3v) is 7.19. The highest BCUT2D eigenvalue weighted by Crippen LogP contribution is 2.24. The number of hydrogen-bond donors (Lipinski definition) is 1. The minimum absolute atomic E-state index is 0.146. The van der Waals surface area contributed by atoms with Crippen molar-refractivity contribution < 1.29 is 17.9 Å². The number of nitrogens with one attached hydrogen (secondary N) is 1. The highest BCUT2D eigenvalue weighted by Gasteiger charge is 2.25. The lowest BCUT2D eigenvalue weighted by Gasteiger charge is -2.20. The van der Waals surface area contributed by atoms with E-state index in [9.17, 15) is 13.2 Å². The predicted octanol–water partition coefficient (Wildman–Crippen LogP) is 4.69. The van der Waals surface area contributed by atoms with E-state index in [0.717, 1.165) is 25.7 Å². The largest absolute Gasteiger partial charge is 0.457 e. The van der Waals surface area contributed by atoms with Gasteiger partial charge in [-0.1, -0.05) is 18.9 Å². The average molecular weight is 452 g/mol. The first-order chi connectivity index (χ1) is 15.5. The maximum absolute atomic E-state index is 13.0. The molecule has 1 fully saturated rings. The third-order valence-electron chi connectivity index (χ3n) is 5.30. The van der Waals surface area contributed by atoms with Crippen LogP contribution in [0.4, 0.5) is 5.69 Å². The van der Waals surface area contributed by atoms with Crippen molar-refractivity contribution >= 4 is 21.6 Å². The van der Waals surface area contributed by atoms with E-state index >= 15 is 0 Å². The second kappa shape index (κ2) is 9.93. The van der Waals surface area contributed by atoms with E-state index in [4.69, 9.17) is 4.74 Å². The van der Waals surface area contributed by atoms with E-state index in [-0.39, 0.29) is 16.4 Å². The number of sulfonamides is 1. The zero-order valence-corrected chi connectivity index (χ0v) is 18.4. The number of rotatable bonds is 6. The van der Waals surface area contributed by atoms with Gasteiger partial charge in [0.1, 0.15) is 11.5 Å². The number of ether oxygens (including phenoxy) is 1. The fourth-order valence-corrected chi connectivity index (χ4v) is 5.14. The lowest BCUT2D eigenvalue weighted by Crippen LogP contribution is -2.32. The van der Waals surface area contributed by atoms with E-state index in [1.807, 2.05) is 0 Å². The summed E-state index contributed by atoms with van der Waals surface area (Å²) in [6, 6.07) is 16.7. The number of benzene rings is 2. The Hall–Kier alpha value is -3.23. The molecule has 32 heavy (non-hydrogen) atoms. The van der Waals surface area contributed by atoms with Gasteiger partial charge >= 0.3 is 0 Å². The number of amides is 1. The zero-order chi connectivity index (χ0) is 22.4. The monoisotopic (exact) mass is 451 g/mol. The van der Waals surface area contributed by atoms with Crippen LogP contribution in [0.2, 0.25) is 0 Å². The van der Waals surface area contributed by atoms with Crippen molar-refractivity contribution in [2.75, 3.05) is 18.4 Å². The molecule has 2 heterocycles. The van der Waals surface area contributed by atoms with E-state index in [2.05, 4.69) is 10.3 Å². The minimum Gasteiger partial charge on any atom is -0.457 e. The molecule has 0 aliphatic carbocycles. The van der Waals surface area contributed by atoms with Crippen molar-refractivity contribution in [3.8, 4) is 11.5 Å². The summed E-state index contributed by atoms with van der Waals surface area (Å²) in [5.41, 5.74) is 0.871. The van der Waals surface area contributed by atoms with Gasteiger partial charge in [-0.15, -0.1) is 0 Å². The van der Waals surface area contributed by atoms with Crippen LogP contribution >= 0.6 is 0 Å². The Balaban J connectivity index is 1.44. The number of anilines is 1. The molecule has 2 aromatic carbocycles. The summed E-state index contributed by atoms with van der Waals surface area (Å²) in [5, 5.41) is 2.80. The van der Waals surface area contributed by atoms with Gasteiger partial charge in [-0.2, -0.15) is 4.31 Å². The SMILES string of the molecule is O=C(Nc1ccc(Oc2ccncc2)cc1)c1cccc(S(=O)(=O)N2CCCCCC2)c1. The van der Waals surface area contributed by atoms with Crippen LogP contribution in [-0.2, 0) is 10.0 Å². The molecule has 0 unspecified atom stereocenters. The van der Waals surface area contributed by atoms with Gasteiger partial charge in [-0.3, -0.25) is 9.78 Å². The Labute approximate surface area is 188 Å². The van der Waals surface area contributed by atoms with Gasteiger partial charge in [-0.05, 0) is 67.4 Å². The molecule has 1 N–H and O–H groups in total. The molecule has 0 saturated carbocycles. The fourth-order valence-electron chi connectivity index (χ4n) is 3.58. The van der Waals surface area contributed by atoms with Crippen LogP contribution in [0.3, 0.4) is 0 Å². The molecular formula is C24H25N3O4S. The van der Waals surface area contributed by atoms with Gasteiger partial charge in [0, 0.05) is 36.7 Å². The van der Waals surface area contributed by atoms with Crippen LogP contribution in [0, 0.1) is 0 Å². The summed E-state index contributed by atoms with van der Waals surface area (Å²) in [6.07, 6.45) is 7.10. The number of aromatic nitrogens is 1. The first-order valence-electron chi connectivity index (χ1n) is 10.6. The first kappa shape index (κ1) is 22.0. The smallest absolute Gasteiger partial charge is 0.255 e. The highest BCUT2D eigenvalue weighted by molar-refractivity contribution is 7.89. The second-order valence-corrected chi connectivity index (χ2v) is 9.55. The van der Waals surface area contributed by atoms with Crippen molar-refractivity contribution in [3.63, 3.8) is 0 Å². The van der Waals surface area contributed by atoms with E-state index in [1.165, 1.54) is 10.4 Å². The maximum atomic E-state index is 13.0. The summed E-state index contributed by atoms with van der Waals surface area (Å²) in [4.78, 5) is 16.8. The Morgan fingerprint density at radius 1 is 0.875 bits per heavy atom. The van der Waals surface area contributed by atoms with Gasteiger partial charge in [0.25, 0.3) is 5.91 Å². The predicted molar refractivity (Wildman–Crippen MR) is 122 cm³/mol. The van der Waals surface area contributed by atoms with Gasteiger partial charge in [0.15, 0.2) is 0 Å². The number of pyridine rings is 1. The molecule has 0 bridgehead atoms. The minimum atomic E-state index is -3.62. The fraction of sp³-hybridized carbons (Fsp3) is 0.250. The first-order valence-corrected chi connectivity index (χ1v) is 12.1. The molecule has 3 aromatic rings. The lowest BCUT2D eigenvalue weighted by atomic mass is 10.2. The molecule has 8 heteroatoms. The Bertz CT molecular complexity index is 1160. The molecule has 1 aromatic heterocycles. The van der Waals surface area contributed by atoms with Crippen LogP contribution < -0.4 is 10.1 Å². The summed E-state index contributed by atoms with van der Waals surface area (Å²) >= 11 is 0. The highest BCUT2D eigenvalue weighted by atomic mass is 32.2. The molecule has 0 atom stereocenters. The molecule has 0 spiro atoms. The van der Waals surface area contributed by atoms with Gasteiger partial charge in [0.2, 0.25) is 10.0 Å². The van der Waals surface area contributed by atoms with Crippen LogP contribution in [0.25, 0.3) is 0 Å². The zero-order valence-electron chi connectivity index (χ0n) is 17.6. The van der Waals surface area contributed by atoms with Crippen LogP contribution in [-0.4, -0.2) is 36.7 Å². The standard InChI is InChI=1S/C24H25N3O4S/c28-24(26-20-8-10-21(11-9-20)31-22-12-14-25-15-13-22)19-6-5-7-23(18-19)32(29,30)27-16-3-1-2-4-17-27/h5-15,18H,1-4,16-17H2,(H,26,28). The Morgan fingerprint density at radius 2 is 1.53 bits per heavy atom. The average Bonchev–Trinajstić information content (AvgIpc) is 3.11. The maximum Gasteiger partial charge on any atom is 0.255 e. The molecule has 166 valence electrons. The number of carbonyl (C=O) groups excluding carboxylic acids is 1. The molecule has 0 radical (unpaired) electrons. The summed E-state index contributed by atoms with van der Waals surface area (Å²) in [6.45, 7) is 1.04. The number of nitrogens with zero attached hydrogens (tertiary/aromatic N) is 2. The van der Waals surface area contributed by atoms with Crippen LogP contribution in [0.15, 0.2) is 78.0 Å². The van der Waals surface area contributed by atoms with Crippen molar-refractivity contribution in [1.82, 2.24) is 9.29 Å². The van der Waals surface area contributed by atoms with Crippen LogP contribution in [0.1, 0.15) is 36.0 Å². The molecule has 1 aliphatic heterocycles. The Kier molecular flexibility index (Phi) is 6.82. The van der Waals surface area contributed by atoms with Crippen molar-refractivity contribution in [2.45, 2.75) is 30.6 Å². The van der Waals surface area contributed by atoms with E-state index < -0.39 is 10.0 Å². The quantitative estimate of drug-likeness (QED) is 0.587. The summed E-state index contributed by atoms with van der Waals surface area (Å²) in [5.74, 6) is 0.916. The van der Waals surface area contributed by atoms with Gasteiger partial charge < -0.3 is 10.1 Å². The van der Waals surface area contributed by atoms with Crippen LogP contribution in [0.5, 0.6) is 11.5 Å². The van der Waals surface area contributed by atoms with E-state index in [1.54, 1.807) is 67.0 Å². The molecule has 4 rings (SSSR count). The topological polar surface area (TPSA) is 88.6 Å². The second-order valence-electron chi connectivity index (χ2n) is 7.61. The third kappa shape index (κ3) is 5.33. The van der Waals surface area contributed by atoms with Crippen molar-refractivity contribution in [2.24, 2.45) is 0 Å². The molecule has 1 aliphatic rings. The number of hydrogen-bond acceptors (Lipinski definition) is 5. The molecule has 1 amide bonds. The summed E-state index contributed by atoms with van der Waals surface area (Å²) < 4.78 is 33.3. The van der Waals surface area contributed by atoms with Gasteiger partial charge in [-0.25, -0.2) is 8.42 Å². The van der Waals surface area contributed by atoms with E-state index in [0.29, 0.717) is 30.3 Å². The number of carbonyl (C=O) groups is 1. The lowest BCUT2D eigenvalue weighted by molar-refractivity contribution is 0.102. The van der Waals surface area contributed by atoms with Crippen molar-refractivity contribution in [3.05, 3.63) is 78.6 Å². The Morgan fingerprint density at radius 3 is 2.22 bits per heavy atom.